The molecule has 0 saturated carbocycles. The molecule has 0 aliphatic heterocycles. The van der Waals surface area contributed by atoms with Crippen molar-refractivity contribution < 1.29 is 80.2 Å². The van der Waals surface area contributed by atoms with Crippen molar-refractivity contribution in [3.63, 3.8) is 0 Å². The Morgan fingerprint density at radius 2 is 0.485 bits per heavy atom. The molecule has 17 nitrogen and oxygen atoms in total. The number of esters is 4. The second kappa shape index (κ2) is 69.1. The maximum atomic E-state index is 13.1. The third-order valence-electron chi connectivity index (χ3n) is 18.9. The van der Waals surface area contributed by atoms with Gasteiger partial charge < -0.3 is 33.8 Å². The Morgan fingerprint density at radius 3 is 0.717 bits per heavy atom. The summed E-state index contributed by atoms with van der Waals surface area (Å²) in [6.45, 7) is 14.2. The zero-order chi connectivity index (χ0) is 73.1. The van der Waals surface area contributed by atoms with E-state index < -0.39 is 97.5 Å². The lowest BCUT2D eigenvalue weighted by molar-refractivity contribution is -0.161. The third kappa shape index (κ3) is 72.8. The van der Waals surface area contributed by atoms with Gasteiger partial charge >= 0.3 is 39.5 Å². The van der Waals surface area contributed by atoms with E-state index in [0.717, 1.165) is 120 Å². The lowest BCUT2D eigenvalue weighted by atomic mass is 10.00. The SMILES string of the molecule is CCC(C)CCCCCCCCC(=O)OC[C@H](COP(=O)(O)OC[C@H](O)COP(=O)(O)OC[C@@H](COC(=O)CCCCCCCCCCCCCCCCC(C)C)OC(=O)CCCCCCCCCCCCCCCCCCC(C)C)OC(=O)CCCCCCCCCCCCC(C)C. The van der Waals surface area contributed by atoms with Crippen LogP contribution in [0.25, 0.3) is 0 Å². The monoisotopic (exact) mass is 1450 g/mol. The molecular formula is C80H156O17P2. The van der Waals surface area contributed by atoms with Gasteiger partial charge in [0.15, 0.2) is 12.2 Å². The van der Waals surface area contributed by atoms with Crippen molar-refractivity contribution in [3.8, 4) is 0 Å². The van der Waals surface area contributed by atoms with Gasteiger partial charge in [-0.3, -0.25) is 37.3 Å². The predicted octanol–water partition coefficient (Wildman–Crippen LogP) is 23.6. The molecule has 3 unspecified atom stereocenters. The molecule has 0 aromatic rings. The first kappa shape index (κ1) is 97.1. The van der Waals surface area contributed by atoms with Gasteiger partial charge in [0.05, 0.1) is 26.4 Å². The number of carbonyl (C=O) groups is 4. The van der Waals surface area contributed by atoms with Gasteiger partial charge in [0.25, 0.3) is 0 Å². The summed E-state index contributed by atoms with van der Waals surface area (Å²) in [5, 5.41) is 10.6. The molecule has 0 rings (SSSR count). The highest BCUT2D eigenvalue weighted by Crippen LogP contribution is 2.45. The lowest BCUT2D eigenvalue weighted by Gasteiger charge is -2.21. The highest BCUT2D eigenvalue weighted by molar-refractivity contribution is 7.47. The van der Waals surface area contributed by atoms with Crippen LogP contribution in [0.4, 0.5) is 0 Å². The number of carbonyl (C=O) groups excluding carboxylic acids is 4. The van der Waals surface area contributed by atoms with Crippen LogP contribution in [0.1, 0.15) is 409 Å². The topological polar surface area (TPSA) is 237 Å². The molecule has 0 radical (unpaired) electrons. The first-order chi connectivity index (χ1) is 47.6. The molecule has 3 N–H and O–H groups in total. The number of ether oxygens (including phenoxy) is 4. The first-order valence-electron chi connectivity index (χ1n) is 41.2. The smallest absolute Gasteiger partial charge is 0.462 e. The Morgan fingerprint density at radius 1 is 0.283 bits per heavy atom. The van der Waals surface area contributed by atoms with E-state index in [9.17, 15) is 43.2 Å². The van der Waals surface area contributed by atoms with E-state index in [1.807, 2.05) is 0 Å². The normalized spacial score (nSPS) is 14.3. The zero-order valence-corrected chi connectivity index (χ0v) is 66.9. The van der Waals surface area contributed by atoms with Crippen LogP contribution in [0.3, 0.4) is 0 Å². The second-order valence-corrected chi connectivity index (χ2v) is 33.4. The van der Waals surface area contributed by atoms with Crippen LogP contribution in [-0.2, 0) is 65.4 Å². The molecule has 0 fully saturated rings. The van der Waals surface area contributed by atoms with E-state index >= 15 is 0 Å². The predicted molar refractivity (Wildman–Crippen MR) is 404 cm³/mol. The summed E-state index contributed by atoms with van der Waals surface area (Å²) in [5.41, 5.74) is 0. The van der Waals surface area contributed by atoms with Crippen molar-refractivity contribution in [3.05, 3.63) is 0 Å². The maximum Gasteiger partial charge on any atom is 0.472 e. The minimum atomic E-state index is -4.96. The molecular weight excluding hydrogens is 1290 g/mol. The quantitative estimate of drug-likeness (QED) is 0.0222. The molecule has 0 aliphatic rings. The molecule has 99 heavy (non-hydrogen) atoms. The Bertz CT molecular complexity index is 1940. The van der Waals surface area contributed by atoms with Gasteiger partial charge in [0, 0.05) is 25.7 Å². The van der Waals surface area contributed by atoms with Crippen LogP contribution in [0.5, 0.6) is 0 Å². The van der Waals surface area contributed by atoms with Crippen LogP contribution in [0.15, 0.2) is 0 Å². The minimum Gasteiger partial charge on any atom is -0.462 e. The molecule has 6 atom stereocenters. The maximum absolute atomic E-state index is 13.1. The van der Waals surface area contributed by atoms with Gasteiger partial charge in [-0.2, -0.15) is 0 Å². The summed E-state index contributed by atoms with van der Waals surface area (Å²) in [5.74, 6) is 0.975. The third-order valence-corrected chi connectivity index (χ3v) is 20.8. The largest absolute Gasteiger partial charge is 0.472 e. The molecule has 0 aromatic heterocycles. The van der Waals surface area contributed by atoms with Gasteiger partial charge in [-0.05, 0) is 49.4 Å². The number of hydrogen-bond acceptors (Lipinski definition) is 15. The van der Waals surface area contributed by atoms with Crippen LogP contribution < -0.4 is 0 Å². The number of unbranched alkanes of at least 4 members (excludes halogenated alkanes) is 42. The zero-order valence-electron chi connectivity index (χ0n) is 65.1. The van der Waals surface area contributed by atoms with Crippen LogP contribution in [0.2, 0.25) is 0 Å². The van der Waals surface area contributed by atoms with Crippen LogP contribution >= 0.6 is 15.6 Å². The molecule has 0 aliphatic carbocycles. The summed E-state index contributed by atoms with van der Waals surface area (Å²) in [7, 11) is -9.92. The molecule has 0 amide bonds. The molecule has 0 aromatic carbocycles. The summed E-state index contributed by atoms with van der Waals surface area (Å²) in [4.78, 5) is 73.0. The Labute approximate surface area is 607 Å². The minimum absolute atomic E-state index is 0.105. The number of aliphatic hydroxyl groups excluding tert-OH is 1. The Hall–Kier alpha value is -1.94. The van der Waals surface area contributed by atoms with Gasteiger partial charge in [-0.1, -0.05) is 357 Å². The van der Waals surface area contributed by atoms with E-state index in [1.165, 1.54) is 205 Å². The molecule has 588 valence electrons. The van der Waals surface area contributed by atoms with E-state index in [0.29, 0.717) is 25.7 Å². The van der Waals surface area contributed by atoms with Crippen LogP contribution in [-0.4, -0.2) is 96.7 Å². The highest BCUT2D eigenvalue weighted by atomic mass is 31.2. The Balaban J connectivity index is 5.25. The lowest BCUT2D eigenvalue weighted by Crippen LogP contribution is -2.30. The molecule has 0 bridgehead atoms. The average Bonchev–Trinajstić information content (AvgIpc) is 0.977. The molecule has 0 heterocycles. The van der Waals surface area contributed by atoms with E-state index in [2.05, 4.69) is 55.4 Å². The van der Waals surface area contributed by atoms with Crippen molar-refractivity contribution >= 4 is 39.5 Å². The van der Waals surface area contributed by atoms with Gasteiger partial charge in [0.1, 0.15) is 19.3 Å². The van der Waals surface area contributed by atoms with Crippen molar-refractivity contribution in [1.29, 1.82) is 0 Å². The summed E-state index contributed by atoms with van der Waals surface area (Å²) in [6.07, 6.45) is 55.5. The van der Waals surface area contributed by atoms with Crippen molar-refractivity contribution in [1.82, 2.24) is 0 Å². The summed E-state index contributed by atoms with van der Waals surface area (Å²) < 4.78 is 68.7. The molecule has 0 spiro atoms. The van der Waals surface area contributed by atoms with Gasteiger partial charge in [0.2, 0.25) is 0 Å². The van der Waals surface area contributed by atoms with Crippen molar-refractivity contribution in [2.45, 2.75) is 427 Å². The number of phosphoric acid groups is 2. The number of phosphoric ester groups is 2. The van der Waals surface area contributed by atoms with E-state index in [4.69, 9.17) is 37.0 Å². The number of hydrogen-bond donors (Lipinski definition) is 3. The average molecular weight is 1450 g/mol. The van der Waals surface area contributed by atoms with Gasteiger partial charge in [-0.25, -0.2) is 9.13 Å². The van der Waals surface area contributed by atoms with E-state index in [1.54, 1.807) is 0 Å². The summed E-state index contributed by atoms with van der Waals surface area (Å²) >= 11 is 0. The number of rotatable bonds is 77. The second-order valence-electron chi connectivity index (χ2n) is 30.5. The van der Waals surface area contributed by atoms with Gasteiger partial charge in [-0.15, -0.1) is 0 Å². The fraction of sp³-hybridized carbons (Fsp3) is 0.950. The first-order valence-corrected chi connectivity index (χ1v) is 44.2. The summed E-state index contributed by atoms with van der Waals surface area (Å²) in [6, 6.07) is 0. The van der Waals surface area contributed by atoms with E-state index in [-0.39, 0.29) is 25.7 Å². The fourth-order valence-electron chi connectivity index (χ4n) is 12.2. The standard InChI is InChI=1S/C80H156O17P2/c1-9-73(8)59-51-43-38-39-45-53-61-78(83)91-67-76(97-80(85)63-55-47-37-31-25-24-28-34-42-50-58-72(6)7)69-95-99(88,89)93-65-74(81)64-92-98(86,87)94-68-75(66-90-77(82)60-52-44-35-29-22-18-15-14-17-21-27-33-41-49-57-71(4)5)96-79(84)62-54-46-36-30-23-19-13-11-10-12-16-20-26-32-40-48-56-70(2)3/h70-76,81H,9-69H2,1-8H3,(H,86,87)(H,88,89)/t73?,74-,75-,76-/m1/s1. The number of aliphatic hydroxyl groups is 1. The fourth-order valence-corrected chi connectivity index (χ4v) is 13.8. The highest BCUT2D eigenvalue weighted by Gasteiger charge is 2.30. The Kier molecular flexibility index (Phi) is 67.8. The molecule has 19 heteroatoms. The van der Waals surface area contributed by atoms with Crippen LogP contribution in [0, 0.1) is 23.7 Å². The van der Waals surface area contributed by atoms with Crippen molar-refractivity contribution in [2.24, 2.45) is 23.7 Å². The van der Waals surface area contributed by atoms with Crippen molar-refractivity contribution in [2.75, 3.05) is 39.6 Å². The molecule has 0 saturated heterocycles.